The van der Waals surface area contributed by atoms with Crippen LogP contribution in [0.15, 0.2) is 53.4 Å². The lowest BCUT2D eigenvalue weighted by Gasteiger charge is -2.19. The number of hydrogen-bond acceptors (Lipinski definition) is 5. The van der Waals surface area contributed by atoms with E-state index in [1.807, 2.05) is 17.0 Å². The van der Waals surface area contributed by atoms with Crippen LogP contribution in [0.2, 0.25) is 0 Å². The summed E-state index contributed by atoms with van der Waals surface area (Å²) in [5.74, 6) is -0.410. The van der Waals surface area contributed by atoms with Crippen molar-refractivity contribution >= 4 is 27.5 Å². The van der Waals surface area contributed by atoms with Crippen molar-refractivity contribution in [1.29, 1.82) is 0 Å². The van der Waals surface area contributed by atoms with E-state index in [9.17, 15) is 18.0 Å². The van der Waals surface area contributed by atoms with Gasteiger partial charge in [-0.25, -0.2) is 8.42 Å². The molecule has 2 aromatic rings. The van der Waals surface area contributed by atoms with Gasteiger partial charge in [0, 0.05) is 12.6 Å². The molecule has 0 aliphatic carbocycles. The molecule has 0 radical (unpaired) electrons. The Morgan fingerprint density at radius 2 is 1.55 bits per heavy atom. The zero-order chi connectivity index (χ0) is 21.7. The van der Waals surface area contributed by atoms with Gasteiger partial charge in [-0.15, -0.1) is 4.83 Å². The van der Waals surface area contributed by atoms with E-state index >= 15 is 0 Å². The first-order valence-electron chi connectivity index (χ1n) is 8.89. The highest BCUT2D eigenvalue weighted by Crippen LogP contribution is 2.24. The molecule has 0 saturated carbocycles. The molecule has 0 saturated heterocycles. The van der Waals surface area contributed by atoms with Gasteiger partial charge in [0.05, 0.1) is 4.90 Å². The summed E-state index contributed by atoms with van der Waals surface area (Å²) < 4.78 is 29.8. The average molecular weight is 420 g/mol. The lowest BCUT2D eigenvalue weighted by atomic mass is 9.87. The summed E-state index contributed by atoms with van der Waals surface area (Å²) >= 11 is 0. The molecule has 2 rings (SSSR count). The molecule has 9 heteroatoms. The van der Waals surface area contributed by atoms with E-state index in [0.717, 1.165) is 5.56 Å². The van der Waals surface area contributed by atoms with Crippen molar-refractivity contribution in [2.24, 2.45) is 0 Å². The minimum atomic E-state index is -3.96. The molecule has 0 bridgehead atoms. The third kappa shape index (κ3) is 6.88. The predicted molar refractivity (Wildman–Crippen MR) is 110 cm³/mol. The van der Waals surface area contributed by atoms with Crippen LogP contribution in [-0.2, 0) is 25.0 Å². The zero-order valence-corrected chi connectivity index (χ0v) is 17.6. The first-order chi connectivity index (χ1) is 13.5. The summed E-state index contributed by atoms with van der Waals surface area (Å²) in [6.45, 7) is 7.28. The van der Waals surface area contributed by atoms with Crippen LogP contribution in [0.3, 0.4) is 0 Å². The molecule has 0 atom stereocenters. The van der Waals surface area contributed by atoms with Gasteiger partial charge in [0.1, 0.15) is 5.75 Å². The molecular weight excluding hydrogens is 394 g/mol. The standard InChI is InChI=1S/C20H25N3O5S/c1-14(24)21-16-7-11-18(12-8-16)29(26,27)23-22-19(25)13-28-17-9-5-15(6-10-17)20(2,3)4/h5-12,23H,13H2,1-4H3,(H,21,24)(H,22,25). The van der Waals surface area contributed by atoms with Crippen LogP contribution < -0.4 is 20.3 Å². The summed E-state index contributed by atoms with van der Waals surface area (Å²) in [7, 11) is -3.96. The number of carbonyl (C=O) groups is 2. The number of carbonyl (C=O) groups excluding carboxylic acids is 2. The molecule has 2 aromatic carbocycles. The van der Waals surface area contributed by atoms with Crippen molar-refractivity contribution in [3.05, 3.63) is 54.1 Å². The van der Waals surface area contributed by atoms with Gasteiger partial charge in [0.25, 0.3) is 15.9 Å². The average Bonchev–Trinajstić information content (AvgIpc) is 2.64. The number of rotatable bonds is 7. The summed E-state index contributed by atoms with van der Waals surface area (Å²) in [6.07, 6.45) is 0. The maximum absolute atomic E-state index is 12.2. The van der Waals surface area contributed by atoms with Crippen LogP contribution in [0, 0.1) is 0 Å². The summed E-state index contributed by atoms with van der Waals surface area (Å²) in [5.41, 5.74) is 3.71. The van der Waals surface area contributed by atoms with Gasteiger partial charge in [0.2, 0.25) is 5.91 Å². The summed E-state index contributed by atoms with van der Waals surface area (Å²) in [5, 5.41) is 2.54. The lowest BCUT2D eigenvalue weighted by molar-refractivity contribution is -0.123. The molecule has 8 nitrogen and oxygen atoms in total. The molecule has 2 amide bonds. The molecule has 3 N–H and O–H groups in total. The van der Waals surface area contributed by atoms with Gasteiger partial charge < -0.3 is 10.1 Å². The van der Waals surface area contributed by atoms with Gasteiger partial charge in [0.15, 0.2) is 6.61 Å². The Hall–Kier alpha value is -2.91. The molecule has 0 heterocycles. The fraction of sp³-hybridized carbons (Fsp3) is 0.300. The second kappa shape index (κ2) is 9.06. The fourth-order valence-corrected chi connectivity index (χ4v) is 3.20. The number of amides is 2. The highest BCUT2D eigenvalue weighted by molar-refractivity contribution is 7.89. The van der Waals surface area contributed by atoms with Crippen molar-refractivity contribution in [2.75, 3.05) is 11.9 Å². The number of benzene rings is 2. The van der Waals surface area contributed by atoms with E-state index in [-0.39, 0.29) is 22.8 Å². The van der Waals surface area contributed by atoms with Crippen LogP contribution in [0.1, 0.15) is 33.3 Å². The van der Waals surface area contributed by atoms with E-state index in [1.165, 1.54) is 31.2 Å². The number of hydrazine groups is 1. The highest BCUT2D eigenvalue weighted by atomic mass is 32.2. The second-order valence-corrected chi connectivity index (χ2v) is 9.10. The summed E-state index contributed by atoms with van der Waals surface area (Å²) in [4.78, 5) is 24.8. The van der Waals surface area contributed by atoms with Gasteiger partial charge in [-0.05, 0) is 47.4 Å². The topological polar surface area (TPSA) is 114 Å². The maximum atomic E-state index is 12.2. The van der Waals surface area contributed by atoms with E-state index in [1.54, 1.807) is 12.1 Å². The van der Waals surface area contributed by atoms with Crippen LogP contribution >= 0.6 is 0 Å². The monoisotopic (exact) mass is 419 g/mol. The number of ether oxygens (including phenoxy) is 1. The normalized spacial score (nSPS) is 11.6. The van der Waals surface area contributed by atoms with Crippen LogP contribution in [0.25, 0.3) is 0 Å². The SMILES string of the molecule is CC(=O)Nc1ccc(S(=O)(=O)NNC(=O)COc2ccc(C(C)(C)C)cc2)cc1. The van der Waals surface area contributed by atoms with Crippen molar-refractivity contribution in [2.45, 2.75) is 38.0 Å². The van der Waals surface area contributed by atoms with E-state index in [4.69, 9.17) is 4.74 Å². The van der Waals surface area contributed by atoms with E-state index < -0.39 is 15.9 Å². The lowest BCUT2D eigenvalue weighted by Crippen LogP contribution is -2.43. The number of hydrogen-bond donors (Lipinski definition) is 3. The Bertz CT molecular complexity index is 963. The predicted octanol–water partition coefficient (Wildman–Crippen LogP) is 2.33. The number of sulfonamides is 1. The Morgan fingerprint density at radius 3 is 2.07 bits per heavy atom. The first-order valence-corrected chi connectivity index (χ1v) is 10.4. The summed E-state index contributed by atoms with van der Waals surface area (Å²) in [6, 6.07) is 12.9. The molecule has 0 spiro atoms. The molecule has 0 aromatic heterocycles. The quantitative estimate of drug-likeness (QED) is 0.596. The molecule has 156 valence electrons. The molecule has 0 aliphatic heterocycles. The van der Waals surface area contributed by atoms with Crippen LogP contribution in [0.4, 0.5) is 5.69 Å². The Kier molecular flexibility index (Phi) is 6.99. The number of anilines is 1. The van der Waals surface area contributed by atoms with Crippen molar-refractivity contribution in [1.82, 2.24) is 10.3 Å². The molecule has 0 unspecified atom stereocenters. The fourth-order valence-electron chi connectivity index (χ4n) is 2.34. The van der Waals surface area contributed by atoms with Crippen LogP contribution in [0.5, 0.6) is 5.75 Å². The third-order valence-electron chi connectivity index (χ3n) is 3.90. The van der Waals surface area contributed by atoms with Crippen molar-refractivity contribution in [3.8, 4) is 5.75 Å². The molecule has 0 aliphatic rings. The molecule has 0 fully saturated rings. The van der Waals surface area contributed by atoms with E-state index in [2.05, 4.69) is 31.5 Å². The van der Waals surface area contributed by atoms with Gasteiger partial charge in [-0.1, -0.05) is 32.9 Å². The van der Waals surface area contributed by atoms with Crippen molar-refractivity contribution < 1.29 is 22.7 Å². The molecule has 29 heavy (non-hydrogen) atoms. The van der Waals surface area contributed by atoms with Gasteiger partial charge >= 0.3 is 0 Å². The van der Waals surface area contributed by atoms with Crippen molar-refractivity contribution in [3.63, 3.8) is 0 Å². The highest BCUT2D eigenvalue weighted by Gasteiger charge is 2.16. The molecular formula is C20H25N3O5S. The Labute approximate surface area is 170 Å². The van der Waals surface area contributed by atoms with E-state index in [0.29, 0.717) is 11.4 Å². The number of nitrogens with one attached hydrogen (secondary N) is 3. The Morgan fingerprint density at radius 1 is 0.966 bits per heavy atom. The Balaban J connectivity index is 1.87. The second-order valence-electron chi connectivity index (χ2n) is 7.42. The van der Waals surface area contributed by atoms with Gasteiger partial charge in [-0.3, -0.25) is 15.0 Å². The third-order valence-corrected chi connectivity index (χ3v) is 5.16. The minimum Gasteiger partial charge on any atom is -0.484 e. The largest absolute Gasteiger partial charge is 0.484 e. The first kappa shape index (κ1) is 22.4. The van der Waals surface area contributed by atoms with Gasteiger partial charge in [-0.2, -0.15) is 0 Å². The minimum absolute atomic E-state index is 0.00845. The van der Waals surface area contributed by atoms with Crippen LogP contribution in [-0.4, -0.2) is 26.8 Å². The smallest absolute Gasteiger partial charge is 0.272 e. The maximum Gasteiger partial charge on any atom is 0.272 e. The zero-order valence-electron chi connectivity index (χ0n) is 16.8.